The Bertz CT molecular complexity index is 407. The minimum absolute atomic E-state index is 0.563. The molecule has 3 heteroatoms. The van der Waals surface area contributed by atoms with E-state index in [9.17, 15) is 0 Å². The molecule has 1 aromatic rings. The molecule has 1 saturated carbocycles. The molecule has 3 unspecified atom stereocenters. The third-order valence-electron chi connectivity index (χ3n) is 4.29. The Morgan fingerprint density at radius 3 is 3.11 bits per heavy atom. The predicted octanol–water partition coefficient (Wildman–Crippen LogP) is 2.35. The molecule has 1 heterocycles. The van der Waals surface area contributed by atoms with Crippen LogP contribution in [0.25, 0.3) is 0 Å². The summed E-state index contributed by atoms with van der Waals surface area (Å²) in [5.41, 5.74) is 2.86. The summed E-state index contributed by atoms with van der Waals surface area (Å²) in [7, 11) is 1.76. The number of nitrogens with one attached hydrogen (secondary N) is 2. The van der Waals surface area contributed by atoms with Crippen LogP contribution < -0.4 is 10.6 Å². The lowest BCUT2D eigenvalue weighted by atomic mass is 9.79. The zero-order valence-electron chi connectivity index (χ0n) is 11.0. The van der Waals surface area contributed by atoms with Gasteiger partial charge in [-0.05, 0) is 24.5 Å². The van der Waals surface area contributed by atoms with Gasteiger partial charge in [-0.3, -0.25) is 0 Å². The van der Waals surface area contributed by atoms with E-state index in [4.69, 9.17) is 4.74 Å². The summed E-state index contributed by atoms with van der Waals surface area (Å²) >= 11 is 0. The first-order valence-corrected chi connectivity index (χ1v) is 6.98. The fourth-order valence-corrected chi connectivity index (χ4v) is 3.45. The molecule has 3 rings (SSSR count). The van der Waals surface area contributed by atoms with Gasteiger partial charge in [0, 0.05) is 37.3 Å². The summed E-state index contributed by atoms with van der Waals surface area (Å²) in [4.78, 5) is 0. The molecule has 0 radical (unpaired) electrons. The molecule has 0 bridgehead atoms. The average Bonchev–Trinajstić information content (AvgIpc) is 2.79. The lowest BCUT2D eigenvalue weighted by molar-refractivity contribution is 0.189. The summed E-state index contributed by atoms with van der Waals surface area (Å²) in [5.74, 6) is 0.690. The van der Waals surface area contributed by atoms with Gasteiger partial charge in [0.05, 0.1) is 6.61 Å². The van der Waals surface area contributed by atoms with Gasteiger partial charge in [-0.2, -0.15) is 0 Å². The fourth-order valence-electron chi connectivity index (χ4n) is 3.45. The van der Waals surface area contributed by atoms with E-state index in [-0.39, 0.29) is 0 Å². The second kappa shape index (κ2) is 5.29. The Morgan fingerprint density at radius 2 is 2.22 bits per heavy atom. The van der Waals surface area contributed by atoms with Crippen LogP contribution in [0.1, 0.15) is 30.7 Å². The first-order chi connectivity index (χ1) is 8.90. The van der Waals surface area contributed by atoms with Gasteiger partial charge in [0.2, 0.25) is 0 Å². The van der Waals surface area contributed by atoms with Crippen molar-refractivity contribution in [3.8, 4) is 0 Å². The fraction of sp³-hybridized carbons (Fsp3) is 0.600. The third kappa shape index (κ3) is 2.13. The van der Waals surface area contributed by atoms with Crippen LogP contribution >= 0.6 is 0 Å². The van der Waals surface area contributed by atoms with Crippen LogP contribution in [0.15, 0.2) is 24.3 Å². The van der Waals surface area contributed by atoms with Crippen LogP contribution in [0.2, 0.25) is 0 Å². The van der Waals surface area contributed by atoms with Gasteiger partial charge in [0.25, 0.3) is 0 Å². The van der Waals surface area contributed by atoms with Gasteiger partial charge in [-0.15, -0.1) is 0 Å². The molecular weight excluding hydrogens is 224 g/mol. The molecule has 1 aliphatic carbocycles. The van der Waals surface area contributed by atoms with Crippen molar-refractivity contribution in [3.63, 3.8) is 0 Å². The van der Waals surface area contributed by atoms with Crippen molar-refractivity contribution in [2.24, 2.45) is 0 Å². The maximum Gasteiger partial charge on any atom is 0.0587 e. The topological polar surface area (TPSA) is 33.3 Å². The van der Waals surface area contributed by atoms with Crippen LogP contribution in [0.4, 0.5) is 5.69 Å². The van der Waals surface area contributed by atoms with Crippen LogP contribution in [0.3, 0.4) is 0 Å². The maximum absolute atomic E-state index is 5.12. The molecule has 1 aliphatic heterocycles. The highest BCUT2D eigenvalue weighted by Gasteiger charge is 2.39. The minimum Gasteiger partial charge on any atom is -0.383 e. The Hall–Kier alpha value is -1.06. The van der Waals surface area contributed by atoms with Crippen LogP contribution in [0, 0.1) is 0 Å². The van der Waals surface area contributed by atoms with E-state index in [1.54, 1.807) is 7.11 Å². The van der Waals surface area contributed by atoms with Gasteiger partial charge in [-0.25, -0.2) is 0 Å². The summed E-state index contributed by atoms with van der Waals surface area (Å²) in [5, 5.41) is 7.35. The number of methoxy groups -OCH3 is 1. The van der Waals surface area contributed by atoms with E-state index in [2.05, 4.69) is 34.9 Å². The third-order valence-corrected chi connectivity index (χ3v) is 4.29. The van der Waals surface area contributed by atoms with Gasteiger partial charge >= 0.3 is 0 Å². The molecule has 3 atom stereocenters. The number of rotatable bonds is 4. The number of ether oxygens (including phenoxy) is 1. The Balaban J connectivity index is 1.71. The number of benzene rings is 1. The largest absolute Gasteiger partial charge is 0.383 e. The molecule has 0 amide bonds. The minimum atomic E-state index is 0.563. The van der Waals surface area contributed by atoms with Gasteiger partial charge < -0.3 is 15.4 Å². The molecule has 1 fully saturated rings. The second-order valence-corrected chi connectivity index (χ2v) is 5.35. The summed E-state index contributed by atoms with van der Waals surface area (Å²) in [6.45, 7) is 1.74. The van der Waals surface area contributed by atoms with Crippen molar-refractivity contribution in [1.82, 2.24) is 5.32 Å². The van der Waals surface area contributed by atoms with E-state index < -0.39 is 0 Å². The summed E-state index contributed by atoms with van der Waals surface area (Å²) in [6.07, 6.45) is 3.91. The van der Waals surface area contributed by atoms with Crippen molar-refractivity contribution >= 4 is 5.69 Å². The van der Waals surface area contributed by atoms with Crippen molar-refractivity contribution < 1.29 is 4.74 Å². The normalized spacial score (nSPS) is 29.5. The average molecular weight is 246 g/mol. The standard InChI is InChI=1S/C15H22N2O/c1-18-10-9-16-14-8-4-6-12-11-5-2-3-7-13(11)17-15(12)14/h2-3,5,7,12,14-17H,4,6,8-10H2,1H3. The zero-order chi connectivity index (χ0) is 12.4. The molecule has 0 saturated heterocycles. The Morgan fingerprint density at radius 1 is 1.33 bits per heavy atom. The van der Waals surface area contributed by atoms with E-state index >= 15 is 0 Å². The number of hydrogen-bond acceptors (Lipinski definition) is 3. The summed E-state index contributed by atoms with van der Waals surface area (Å²) in [6, 6.07) is 9.91. The second-order valence-electron chi connectivity index (χ2n) is 5.35. The quantitative estimate of drug-likeness (QED) is 0.800. The lowest BCUT2D eigenvalue weighted by Gasteiger charge is -2.34. The molecule has 0 aromatic heterocycles. The SMILES string of the molecule is COCCNC1CCCC2c3ccccc3NC12. The Labute approximate surface area is 109 Å². The highest BCUT2D eigenvalue weighted by atomic mass is 16.5. The smallest absolute Gasteiger partial charge is 0.0587 e. The van der Waals surface area contributed by atoms with Crippen molar-refractivity contribution in [2.75, 3.05) is 25.6 Å². The lowest BCUT2D eigenvalue weighted by Crippen LogP contribution is -2.48. The number of anilines is 1. The molecule has 98 valence electrons. The van der Waals surface area contributed by atoms with Crippen LogP contribution in [-0.4, -0.2) is 32.3 Å². The number of fused-ring (bicyclic) bond motifs is 3. The maximum atomic E-state index is 5.12. The molecule has 3 nitrogen and oxygen atoms in total. The van der Waals surface area contributed by atoms with Crippen LogP contribution in [0.5, 0.6) is 0 Å². The zero-order valence-corrected chi connectivity index (χ0v) is 11.0. The van der Waals surface area contributed by atoms with Gasteiger partial charge in [0.1, 0.15) is 0 Å². The molecule has 1 aromatic carbocycles. The highest BCUT2D eigenvalue weighted by Crippen LogP contribution is 2.43. The van der Waals surface area contributed by atoms with Crippen molar-refractivity contribution in [3.05, 3.63) is 29.8 Å². The molecule has 18 heavy (non-hydrogen) atoms. The number of hydrogen-bond donors (Lipinski definition) is 2. The summed E-state index contributed by atoms with van der Waals surface area (Å²) < 4.78 is 5.12. The number of para-hydroxylation sites is 1. The van der Waals surface area contributed by atoms with E-state index in [1.807, 2.05) is 0 Å². The Kier molecular flexibility index (Phi) is 3.52. The van der Waals surface area contributed by atoms with Gasteiger partial charge in [-0.1, -0.05) is 24.6 Å². The van der Waals surface area contributed by atoms with E-state index in [1.165, 1.54) is 30.5 Å². The van der Waals surface area contributed by atoms with E-state index in [0.717, 1.165) is 13.2 Å². The molecule has 2 N–H and O–H groups in total. The first-order valence-electron chi connectivity index (χ1n) is 6.98. The first kappa shape index (κ1) is 12.0. The van der Waals surface area contributed by atoms with Crippen molar-refractivity contribution in [1.29, 1.82) is 0 Å². The van der Waals surface area contributed by atoms with Crippen LogP contribution in [-0.2, 0) is 4.74 Å². The molecule has 0 spiro atoms. The monoisotopic (exact) mass is 246 g/mol. The van der Waals surface area contributed by atoms with Gasteiger partial charge in [0.15, 0.2) is 0 Å². The van der Waals surface area contributed by atoms with E-state index in [0.29, 0.717) is 18.0 Å². The molecular formula is C15H22N2O. The highest BCUT2D eigenvalue weighted by molar-refractivity contribution is 5.60. The molecule has 2 aliphatic rings. The predicted molar refractivity (Wildman–Crippen MR) is 74.1 cm³/mol. The van der Waals surface area contributed by atoms with Crippen molar-refractivity contribution in [2.45, 2.75) is 37.3 Å².